The van der Waals surface area contributed by atoms with E-state index in [0.29, 0.717) is 0 Å². The van der Waals surface area contributed by atoms with Crippen molar-refractivity contribution < 1.29 is 27.8 Å². The fourth-order valence-electron chi connectivity index (χ4n) is 2.49. The van der Waals surface area contributed by atoms with Crippen molar-refractivity contribution >= 4 is 17.1 Å². The fraction of sp³-hybridized carbons (Fsp3) is 0.286. The second-order valence-electron chi connectivity index (χ2n) is 5.11. The summed E-state index contributed by atoms with van der Waals surface area (Å²) in [6.45, 7) is 1.19. The van der Waals surface area contributed by atoms with Gasteiger partial charge in [0, 0.05) is 18.1 Å². The molecule has 2 aromatic rings. The summed E-state index contributed by atoms with van der Waals surface area (Å²) in [4.78, 5) is 22.9. The average Bonchev–Trinajstić information content (AvgIpc) is 3.15. The number of carboxylic acid groups (broad SMARTS) is 1. The van der Waals surface area contributed by atoms with Gasteiger partial charge in [0.1, 0.15) is 6.17 Å². The van der Waals surface area contributed by atoms with Crippen LogP contribution in [-0.4, -0.2) is 22.0 Å². The zero-order chi connectivity index (χ0) is 16.2. The summed E-state index contributed by atoms with van der Waals surface area (Å²) in [5, 5.41) is 8.42. The van der Waals surface area contributed by atoms with E-state index in [1.54, 1.807) is 0 Å². The first-order valence-corrected chi connectivity index (χ1v) is 6.39. The van der Waals surface area contributed by atoms with Crippen LogP contribution in [0, 0.1) is 18.6 Å². The Bertz CT molecular complexity index is 862. The summed E-state index contributed by atoms with van der Waals surface area (Å²) in [5.41, 5.74) is -1.16. The number of halogens is 3. The summed E-state index contributed by atoms with van der Waals surface area (Å²) in [6.07, 6.45) is -1.77. The molecule has 2 atom stereocenters. The molecule has 0 bridgehead atoms. The van der Waals surface area contributed by atoms with Crippen molar-refractivity contribution in [1.82, 2.24) is 4.57 Å². The summed E-state index contributed by atoms with van der Waals surface area (Å²) < 4.78 is 46.2. The quantitative estimate of drug-likeness (QED) is 0.866. The lowest BCUT2D eigenvalue weighted by Crippen LogP contribution is -2.18. The van der Waals surface area contributed by atoms with Crippen LogP contribution in [0.2, 0.25) is 0 Å². The van der Waals surface area contributed by atoms with E-state index in [9.17, 15) is 22.8 Å². The lowest BCUT2D eigenvalue weighted by molar-refractivity contribution is 0.143. The molecule has 1 N–H and O–H groups in total. The molecule has 1 saturated carbocycles. The molecular formula is C14H10F3NO4. The Morgan fingerprint density at radius 1 is 1.45 bits per heavy atom. The van der Waals surface area contributed by atoms with Crippen LogP contribution in [0.3, 0.4) is 0 Å². The smallest absolute Gasteiger partial charge is 0.449 e. The van der Waals surface area contributed by atoms with E-state index >= 15 is 0 Å². The van der Waals surface area contributed by atoms with Crippen molar-refractivity contribution in [3.8, 4) is 5.75 Å². The van der Waals surface area contributed by atoms with Crippen LogP contribution in [0.25, 0.3) is 10.9 Å². The lowest BCUT2D eigenvalue weighted by atomic mass is 10.1. The summed E-state index contributed by atoms with van der Waals surface area (Å²) in [5.74, 6) is -2.95. The van der Waals surface area contributed by atoms with Gasteiger partial charge in [-0.2, -0.15) is 0 Å². The van der Waals surface area contributed by atoms with E-state index in [1.807, 2.05) is 0 Å². The number of alkyl halides is 1. The number of fused-ring (bicyclic) bond motifs is 1. The molecule has 116 valence electrons. The molecule has 1 aromatic carbocycles. The Labute approximate surface area is 121 Å². The third-order valence-corrected chi connectivity index (χ3v) is 3.65. The maximum absolute atomic E-state index is 13.7. The molecule has 8 heteroatoms. The van der Waals surface area contributed by atoms with Crippen molar-refractivity contribution in [3.63, 3.8) is 0 Å². The average molecular weight is 313 g/mol. The van der Waals surface area contributed by atoms with Crippen LogP contribution < -0.4 is 10.2 Å². The molecule has 0 aliphatic heterocycles. The van der Waals surface area contributed by atoms with Crippen molar-refractivity contribution in [2.24, 2.45) is 0 Å². The van der Waals surface area contributed by atoms with Gasteiger partial charge >= 0.3 is 6.16 Å². The Kier molecular flexibility index (Phi) is 3.12. The van der Waals surface area contributed by atoms with Gasteiger partial charge in [-0.3, -0.25) is 4.79 Å². The van der Waals surface area contributed by atoms with Crippen molar-refractivity contribution in [1.29, 1.82) is 0 Å². The van der Waals surface area contributed by atoms with Gasteiger partial charge in [0.2, 0.25) is 5.43 Å². The summed E-state index contributed by atoms with van der Waals surface area (Å²) in [6, 6.07) is 0.137. The fourth-order valence-corrected chi connectivity index (χ4v) is 2.49. The number of aryl methyl sites for hydroxylation is 1. The number of carbonyl (C=O) groups is 1. The van der Waals surface area contributed by atoms with E-state index in [0.717, 1.165) is 12.3 Å². The lowest BCUT2D eigenvalue weighted by Gasteiger charge is -2.14. The number of pyridine rings is 1. The van der Waals surface area contributed by atoms with E-state index < -0.39 is 41.2 Å². The maximum atomic E-state index is 13.7. The zero-order valence-corrected chi connectivity index (χ0v) is 11.3. The van der Waals surface area contributed by atoms with Crippen LogP contribution in [0.1, 0.15) is 18.0 Å². The molecule has 3 rings (SSSR count). The molecule has 1 aromatic heterocycles. The monoisotopic (exact) mass is 313 g/mol. The van der Waals surface area contributed by atoms with E-state index in [1.165, 1.54) is 11.5 Å². The van der Waals surface area contributed by atoms with Crippen LogP contribution in [0.4, 0.5) is 18.0 Å². The highest BCUT2D eigenvalue weighted by Gasteiger charge is 2.40. The van der Waals surface area contributed by atoms with E-state index in [2.05, 4.69) is 4.74 Å². The highest BCUT2D eigenvalue weighted by atomic mass is 19.2. The standard InChI is InChI=1S/C14H10F3NO4/c1-5-11-9(3-7(16)12(5)17)18(8-2-6(8)15)4-10(13(11)19)22-14(20)21/h3-4,6,8H,2H2,1H3,(H,20,21)/t6-,8-/m1/s1. The van der Waals surface area contributed by atoms with Crippen molar-refractivity contribution in [3.05, 3.63) is 39.7 Å². The van der Waals surface area contributed by atoms with Crippen LogP contribution in [0.15, 0.2) is 17.1 Å². The molecule has 1 aliphatic carbocycles. The first-order chi connectivity index (χ1) is 10.3. The maximum Gasteiger partial charge on any atom is 0.511 e. The minimum absolute atomic E-state index is 0.00397. The molecule has 22 heavy (non-hydrogen) atoms. The predicted molar refractivity (Wildman–Crippen MR) is 70.1 cm³/mol. The van der Waals surface area contributed by atoms with Gasteiger partial charge in [-0.15, -0.1) is 0 Å². The van der Waals surface area contributed by atoms with E-state index in [4.69, 9.17) is 5.11 Å². The Morgan fingerprint density at radius 3 is 2.64 bits per heavy atom. The van der Waals surface area contributed by atoms with Gasteiger partial charge in [-0.1, -0.05) is 0 Å². The summed E-state index contributed by atoms with van der Waals surface area (Å²) >= 11 is 0. The third kappa shape index (κ3) is 2.11. The van der Waals surface area contributed by atoms with Crippen LogP contribution >= 0.6 is 0 Å². The molecule has 0 saturated heterocycles. The van der Waals surface area contributed by atoms with Crippen LogP contribution in [0.5, 0.6) is 5.75 Å². The molecule has 1 fully saturated rings. The molecule has 1 heterocycles. The minimum Gasteiger partial charge on any atom is -0.449 e. The van der Waals surface area contributed by atoms with Gasteiger partial charge in [-0.25, -0.2) is 18.0 Å². The topological polar surface area (TPSA) is 68.5 Å². The van der Waals surface area contributed by atoms with Gasteiger partial charge in [0.25, 0.3) is 0 Å². The highest BCUT2D eigenvalue weighted by Crippen LogP contribution is 2.41. The Hall–Kier alpha value is -2.51. The zero-order valence-electron chi connectivity index (χ0n) is 11.3. The van der Waals surface area contributed by atoms with Crippen molar-refractivity contribution in [2.45, 2.75) is 25.6 Å². The Balaban J connectivity index is 2.39. The van der Waals surface area contributed by atoms with Crippen molar-refractivity contribution in [2.75, 3.05) is 0 Å². The van der Waals surface area contributed by atoms with E-state index in [-0.39, 0.29) is 22.9 Å². The normalized spacial score (nSPS) is 20.2. The number of nitrogens with zero attached hydrogens (tertiary/aromatic N) is 1. The van der Waals surface area contributed by atoms with Crippen LogP contribution in [-0.2, 0) is 0 Å². The third-order valence-electron chi connectivity index (χ3n) is 3.65. The number of rotatable bonds is 2. The molecule has 0 amide bonds. The van der Waals surface area contributed by atoms with Gasteiger partial charge < -0.3 is 14.4 Å². The number of hydrogen-bond donors (Lipinski definition) is 1. The second-order valence-corrected chi connectivity index (χ2v) is 5.11. The number of benzene rings is 1. The molecule has 0 unspecified atom stereocenters. The predicted octanol–water partition coefficient (Wildman–Crippen LogP) is 2.93. The SMILES string of the molecule is Cc1c(F)c(F)cc2c1c(=O)c(OC(=O)O)cn2[C@@H]1C[C@H]1F. The van der Waals surface area contributed by atoms with Gasteiger partial charge in [0.05, 0.1) is 23.1 Å². The Morgan fingerprint density at radius 2 is 2.09 bits per heavy atom. The first-order valence-electron chi connectivity index (χ1n) is 6.39. The van der Waals surface area contributed by atoms with Gasteiger partial charge in [-0.05, 0) is 6.92 Å². The largest absolute Gasteiger partial charge is 0.511 e. The molecule has 0 radical (unpaired) electrons. The number of ether oxygens (including phenoxy) is 1. The molecular weight excluding hydrogens is 303 g/mol. The molecule has 0 spiro atoms. The minimum atomic E-state index is -1.73. The van der Waals surface area contributed by atoms with Gasteiger partial charge in [0.15, 0.2) is 17.4 Å². The summed E-state index contributed by atoms with van der Waals surface area (Å²) in [7, 11) is 0. The number of aromatic nitrogens is 1. The molecule has 5 nitrogen and oxygen atoms in total. The second kappa shape index (κ2) is 4.75. The number of hydrogen-bond acceptors (Lipinski definition) is 3. The molecule has 1 aliphatic rings. The highest BCUT2D eigenvalue weighted by molar-refractivity contribution is 5.84. The first kappa shape index (κ1) is 14.4.